The Morgan fingerprint density at radius 2 is 1.96 bits per heavy atom. The molecule has 0 saturated heterocycles. The van der Waals surface area contributed by atoms with Gasteiger partial charge in [0.15, 0.2) is 11.5 Å². The molecule has 0 radical (unpaired) electrons. The van der Waals surface area contributed by atoms with Crippen molar-refractivity contribution in [3.8, 4) is 16.5 Å². The van der Waals surface area contributed by atoms with Gasteiger partial charge in [0.2, 0.25) is 0 Å². The summed E-state index contributed by atoms with van der Waals surface area (Å²) in [5.74, 6) is 3.56. The highest BCUT2D eigenvalue weighted by atomic mass is 32.2. The Hall–Kier alpha value is -2.38. The van der Waals surface area contributed by atoms with Crippen molar-refractivity contribution in [2.45, 2.75) is 18.7 Å². The first-order chi connectivity index (χ1) is 13.8. The molecule has 0 bridgehead atoms. The molecule has 3 aromatic rings. The zero-order chi connectivity index (χ0) is 18.9. The van der Waals surface area contributed by atoms with Gasteiger partial charge in [-0.15, -0.1) is 11.3 Å². The second kappa shape index (κ2) is 7.56. The maximum absolute atomic E-state index is 13.2. The number of hydrogen-bond acceptors (Lipinski definition) is 5. The lowest BCUT2D eigenvalue weighted by Crippen LogP contribution is -2.25. The molecule has 0 saturated carbocycles. The first-order valence-electron chi connectivity index (χ1n) is 9.32. The van der Waals surface area contributed by atoms with E-state index < -0.39 is 0 Å². The predicted molar refractivity (Wildman–Crippen MR) is 112 cm³/mol. The molecule has 0 spiro atoms. The Kier molecular flexibility index (Phi) is 4.78. The van der Waals surface area contributed by atoms with E-state index in [0.29, 0.717) is 19.8 Å². The van der Waals surface area contributed by atoms with E-state index in [2.05, 4.69) is 5.32 Å². The van der Waals surface area contributed by atoms with Crippen LogP contribution >= 0.6 is 23.1 Å². The van der Waals surface area contributed by atoms with Crippen LogP contribution in [0.4, 0.5) is 0 Å². The number of ether oxygens (including phenoxy) is 2. The van der Waals surface area contributed by atoms with Gasteiger partial charge < -0.3 is 19.4 Å². The van der Waals surface area contributed by atoms with Crippen LogP contribution in [-0.4, -0.2) is 29.4 Å². The number of aromatic nitrogens is 1. The lowest BCUT2D eigenvalue weighted by molar-refractivity contribution is 0.0950. The fourth-order valence-electron chi connectivity index (χ4n) is 3.57. The highest BCUT2D eigenvalue weighted by Gasteiger charge is 2.26. The molecule has 5 rings (SSSR count). The zero-order valence-corrected chi connectivity index (χ0v) is 16.9. The number of amides is 1. The molecule has 0 aliphatic carbocycles. The van der Waals surface area contributed by atoms with Gasteiger partial charge in [-0.25, -0.2) is 0 Å². The van der Waals surface area contributed by atoms with E-state index in [9.17, 15) is 4.79 Å². The third kappa shape index (κ3) is 3.29. The van der Waals surface area contributed by atoms with Crippen molar-refractivity contribution in [2.75, 3.05) is 19.0 Å². The number of rotatable bonds is 4. The highest BCUT2D eigenvalue weighted by Crippen LogP contribution is 2.38. The van der Waals surface area contributed by atoms with Crippen LogP contribution in [0.5, 0.6) is 11.5 Å². The number of hydrogen-bond donors (Lipinski definition) is 1. The topological polar surface area (TPSA) is 52.5 Å². The van der Waals surface area contributed by atoms with E-state index in [4.69, 9.17) is 9.47 Å². The van der Waals surface area contributed by atoms with Crippen LogP contribution < -0.4 is 14.8 Å². The summed E-state index contributed by atoms with van der Waals surface area (Å²) in [6.45, 7) is 1.59. The number of carbonyl (C=O) groups excluding carboxylic acids is 1. The van der Waals surface area contributed by atoms with E-state index in [1.54, 1.807) is 11.3 Å². The van der Waals surface area contributed by atoms with E-state index in [1.807, 2.05) is 59.1 Å². The number of nitrogens with zero attached hydrogens (tertiary/aromatic N) is 1. The molecule has 4 heterocycles. The van der Waals surface area contributed by atoms with Crippen LogP contribution in [0, 0.1) is 0 Å². The molecule has 5 nitrogen and oxygen atoms in total. The molecular weight excluding hydrogens is 392 g/mol. The lowest BCUT2D eigenvalue weighted by Gasteiger charge is -2.19. The van der Waals surface area contributed by atoms with E-state index in [1.165, 1.54) is 10.4 Å². The fourth-order valence-corrected chi connectivity index (χ4v) is 6.02. The summed E-state index contributed by atoms with van der Waals surface area (Å²) in [6, 6.07) is 9.81. The number of thioether (sulfide) groups is 1. The summed E-state index contributed by atoms with van der Waals surface area (Å²) in [5, 5.41) is 4.12. The average Bonchev–Trinajstić information content (AvgIpc) is 3.39. The van der Waals surface area contributed by atoms with Gasteiger partial charge in [-0.1, -0.05) is 6.07 Å². The van der Waals surface area contributed by atoms with Crippen LogP contribution in [0.1, 0.15) is 26.4 Å². The zero-order valence-electron chi connectivity index (χ0n) is 15.3. The SMILES string of the molecule is O=C(NCc1ccc2c(c1)OCCO2)c1c(-n2cccc2)sc2c1CCSC2. The van der Waals surface area contributed by atoms with Gasteiger partial charge in [0.25, 0.3) is 5.91 Å². The van der Waals surface area contributed by atoms with Gasteiger partial charge in [0.1, 0.15) is 18.2 Å². The quantitative estimate of drug-likeness (QED) is 0.703. The van der Waals surface area contributed by atoms with Gasteiger partial charge in [0, 0.05) is 29.6 Å². The standard InChI is InChI=1S/C21H20N2O3S2/c24-20(22-12-14-3-4-16-17(11-14)26-9-8-25-16)19-15-5-10-27-13-18(15)28-21(19)23-6-1-2-7-23/h1-4,6-7,11H,5,8-10,12-13H2,(H,22,24). The molecule has 2 aliphatic heterocycles. The molecule has 0 unspecified atom stereocenters. The number of fused-ring (bicyclic) bond motifs is 2. The Labute approximate surface area is 171 Å². The highest BCUT2D eigenvalue weighted by molar-refractivity contribution is 7.98. The number of thiophene rings is 1. The van der Waals surface area contributed by atoms with Gasteiger partial charge >= 0.3 is 0 Å². The summed E-state index contributed by atoms with van der Waals surface area (Å²) < 4.78 is 13.3. The summed E-state index contributed by atoms with van der Waals surface area (Å²) in [5.41, 5.74) is 3.04. The molecule has 1 aromatic carbocycles. The predicted octanol–water partition coefficient (Wildman–Crippen LogP) is 4.03. The molecule has 7 heteroatoms. The van der Waals surface area contributed by atoms with Gasteiger partial charge in [-0.05, 0) is 47.6 Å². The van der Waals surface area contributed by atoms with Crippen molar-refractivity contribution in [3.63, 3.8) is 0 Å². The molecule has 0 fully saturated rings. The van der Waals surface area contributed by atoms with Gasteiger partial charge in [-0.3, -0.25) is 4.79 Å². The Balaban J connectivity index is 1.40. The van der Waals surface area contributed by atoms with Crippen molar-refractivity contribution in [3.05, 3.63) is 64.3 Å². The summed E-state index contributed by atoms with van der Waals surface area (Å²) in [7, 11) is 0. The van der Waals surface area contributed by atoms with Crippen molar-refractivity contribution in [2.24, 2.45) is 0 Å². The van der Waals surface area contributed by atoms with E-state index >= 15 is 0 Å². The molecule has 1 amide bonds. The Morgan fingerprint density at radius 3 is 2.82 bits per heavy atom. The summed E-state index contributed by atoms with van der Waals surface area (Å²) >= 11 is 3.67. The van der Waals surface area contributed by atoms with E-state index in [-0.39, 0.29) is 5.91 Å². The van der Waals surface area contributed by atoms with Crippen LogP contribution in [-0.2, 0) is 18.7 Å². The van der Waals surface area contributed by atoms with E-state index in [0.717, 1.165) is 45.6 Å². The van der Waals surface area contributed by atoms with Gasteiger partial charge in [-0.2, -0.15) is 11.8 Å². The molecule has 28 heavy (non-hydrogen) atoms. The average molecular weight is 413 g/mol. The maximum atomic E-state index is 13.2. The summed E-state index contributed by atoms with van der Waals surface area (Å²) in [4.78, 5) is 14.5. The van der Waals surface area contributed by atoms with Crippen molar-refractivity contribution in [1.29, 1.82) is 0 Å². The van der Waals surface area contributed by atoms with Gasteiger partial charge in [0.05, 0.1) is 5.56 Å². The molecule has 2 aromatic heterocycles. The normalized spacial score (nSPS) is 15.1. The monoisotopic (exact) mass is 412 g/mol. The minimum Gasteiger partial charge on any atom is -0.486 e. The molecular formula is C21H20N2O3S2. The van der Waals surface area contributed by atoms with Crippen molar-refractivity contribution < 1.29 is 14.3 Å². The van der Waals surface area contributed by atoms with Crippen LogP contribution in [0.2, 0.25) is 0 Å². The Bertz CT molecular complexity index is 1010. The third-order valence-corrected chi connectivity index (χ3v) is 7.34. The third-order valence-electron chi connectivity index (χ3n) is 4.93. The van der Waals surface area contributed by atoms with Crippen LogP contribution in [0.15, 0.2) is 42.7 Å². The number of benzene rings is 1. The lowest BCUT2D eigenvalue weighted by atomic mass is 10.1. The fraction of sp³-hybridized carbons (Fsp3) is 0.286. The minimum atomic E-state index is -0.0111. The van der Waals surface area contributed by atoms with Crippen molar-refractivity contribution >= 4 is 29.0 Å². The second-order valence-electron chi connectivity index (χ2n) is 6.74. The number of carbonyl (C=O) groups is 1. The maximum Gasteiger partial charge on any atom is 0.254 e. The van der Waals surface area contributed by atoms with Crippen molar-refractivity contribution in [1.82, 2.24) is 9.88 Å². The second-order valence-corrected chi connectivity index (χ2v) is 8.93. The molecule has 144 valence electrons. The summed E-state index contributed by atoms with van der Waals surface area (Å²) in [6.07, 6.45) is 4.95. The largest absolute Gasteiger partial charge is 0.486 e. The Morgan fingerprint density at radius 1 is 1.14 bits per heavy atom. The van der Waals surface area contributed by atoms with Crippen LogP contribution in [0.3, 0.4) is 0 Å². The number of nitrogens with one attached hydrogen (secondary N) is 1. The molecule has 1 N–H and O–H groups in total. The van der Waals surface area contributed by atoms with Crippen LogP contribution in [0.25, 0.3) is 5.00 Å². The smallest absolute Gasteiger partial charge is 0.254 e. The molecule has 2 aliphatic rings. The molecule has 0 atom stereocenters. The first-order valence-corrected chi connectivity index (χ1v) is 11.3. The minimum absolute atomic E-state index is 0.0111. The first kappa shape index (κ1) is 17.7.